The lowest BCUT2D eigenvalue weighted by Crippen LogP contribution is -2.15. The van der Waals surface area contributed by atoms with E-state index in [1.165, 1.54) is 0 Å². The largest absolute Gasteiger partial charge is 0.486 e. The normalized spacial score (nSPS) is 13.1. The van der Waals surface area contributed by atoms with E-state index in [0.29, 0.717) is 36.1 Å². The van der Waals surface area contributed by atoms with Crippen LogP contribution in [0.3, 0.4) is 0 Å². The fourth-order valence-corrected chi connectivity index (χ4v) is 2.12. The van der Waals surface area contributed by atoms with Crippen LogP contribution in [0.5, 0.6) is 11.5 Å². The Kier molecular flexibility index (Phi) is 2.64. The first-order chi connectivity index (χ1) is 9.19. The van der Waals surface area contributed by atoms with Crippen molar-refractivity contribution < 1.29 is 9.47 Å². The van der Waals surface area contributed by atoms with E-state index >= 15 is 0 Å². The second-order valence-corrected chi connectivity index (χ2v) is 4.55. The highest BCUT2D eigenvalue weighted by Gasteiger charge is 2.15. The van der Waals surface area contributed by atoms with Crippen molar-refractivity contribution in [1.29, 1.82) is 5.26 Å². The maximum atomic E-state index is 9.19. The van der Waals surface area contributed by atoms with Crippen LogP contribution in [0, 0.1) is 11.3 Å². The summed E-state index contributed by atoms with van der Waals surface area (Å²) in [6, 6.07) is 7.73. The highest BCUT2D eigenvalue weighted by Crippen LogP contribution is 2.35. The van der Waals surface area contributed by atoms with Crippen LogP contribution in [0.25, 0.3) is 10.9 Å². The molecule has 0 aliphatic carbocycles. The van der Waals surface area contributed by atoms with Gasteiger partial charge < -0.3 is 14.4 Å². The summed E-state index contributed by atoms with van der Waals surface area (Å²) in [6.45, 7) is 1.10. The fourth-order valence-electron chi connectivity index (χ4n) is 2.12. The second kappa shape index (κ2) is 4.32. The van der Waals surface area contributed by atoms with Crippen molar-refractivity contribution >= 4 is 16.7 Å². The summed E-state index contributed by atoms with van der Waals surface area (Å²) in [7, 11) is 3.74. The molecule has 0 unspecified atom stereocenters. The zero-order valence-electron chi connectivity index (χ0n) is 10.8. The van der Waals surface area contributed by atoms with Crippen molar-refractivity contribution in [2.45, 2.75) is 0 Å². The number of hydrogen-bond acceptors (Lipinski definition) is 5. The van der Waals surface area contributed by atoms with E-state index in [1.54, 1.807) is 0 Å². The number of anilines is 1. The van der Waals surface area contributed by atoms with Crippen LogP contribution >= 0.6 is 0 Å². The maximum absolute atomic E-state index is 9.19. The van der Waals surface area contributed by atoms with Crippen LogP contribution in [-0.2, 0) is 0 Å². The number of benzene rings is 1. The molecule has 1 aromatic carbocycles. The topological polar surface area (TPSA) is 58.4 Å². The van der Waals surface area contributed by atoms with Gasteiger partial charge in [-0.2, -0.15) is 5.26 Å². The quantitative estimate of drug-likeness (QED) is 0.779. The molecule has 5 nitrogen and oxygen atoms in total. The van der Waals surface area contributed by atoms with Crippen LogP contribution in [0.2, 0.25) is 0 Å². The Balaban J connectivity index is 2.25. The minimum absolute atomic E-state index is 0.548. The molecule has 2 aromatic rings. The first-order valence-electron chi connectivity index (χ1n) is 6.01. The summed E-state index contributed by atoms with van der Waals surface area (Å²) in [5.41, 5.74) is 1.35. The summed E-state index contributed by atoms with van der Waals surface area (Å²) < 4.78 is 11.1. The lowest BCUT2D eigenvalue weighted by molar-refractivity contribution is 0.172. The fraction of sp³-hybridized carbons (Fsp3) is 0.286. The second-order valence-electron chi connectivity index (χ2n) is 4.55. The molecule has 5 heteroatoms. The molecular weight excluding hydrogens is 242 g/mol. The highest BCUT2D eigenvalue weighted by molar-refractivity contribution is 5.86. The number of pyridine rings is 1. The van der Waals surface area contributed by atoms with E-state index in [0.717, 1.165) is 10.9 Å². The van der Waals surface area contributed by atoms with Gasteiger partial charge in [0.2, 0.25) is 0 Å². The summed E-state index contributed by atoms with van der Waals surface area (Å²) in [6.07, 6.45) is 0. The smallest absolute Gasteiger partial charge is 0.163 e. The molecule has 0 spiro atoms. The molecule has 1 aromatic heterocycles. The van der Waals surface area contributed by atoms with E-state index in [2.05, 4.69) is 11.1 Å². The number of fused-ring (bicyclic) bond motifs is 2. The predicted octanol–water partition coefficient (Wildman–Crippen LogP) is 1.94. The predicted molar refractivity (Wildman–Crippen MR) is 71.8 cm³/mol. The minimum atomic E-state index is 0.548. The summed E-state index contributed by atoms with van der Waals surface area (Å²) >= 11 is 0. The monoisotopic (exact) mass is 255 g/mol. The molecule has 3 rings (SSSR count). The lowest BCUT2D eigenvalue weighted by Gasteiger charge is -2.19. The third-order valence-electron chi connectivity index (χ3n) is 3.00. The zero-order valence-corrected chi connectivity index (χ0v) is 10.8. The number of nitrogens with zero attached hydrogens (tertiary/aromatic N) is 3. The molecule has 0 radical (unpaired) electrons. The van der Waals surface area contributed by atoms with Gasteiger partial charge in [-0.25, -0.2) is 4.98 Å². The molecule has 0 amide bonds. The summed E-state index contributed by atoms with van der Waals surface area (Å²) in [4.78, 5) is 6.35. The van der Waals surface area contributed by atoms with Gasteiger partial charge in [0.1, 0.15) is 25.1 Å². The molecule has 96 valence electrons. The molecule has 0 saturated carbocycles. The Morgan fingerprint density at radius 2 is 1.84 bits per heavy atom. The molecular formula is C14H13N3O2. The van der Waals surface area contributed by atoms with E-state index in [1.807, 2.05) is 37.2 Å². The molecule has 0 saturated heterocycles. The van der Waals surface area contributed by atoms with Gasteiger partial charge >= 0.3 is 0 Å². The van der Waals surface area contributed by atoms with Gasteiger partial charge in [0.15, 0.2) is 11.5 Å². The molecule has 2 heterocycles. The number of ether oxygens (including phenoxy) is 2. The van der Waals surface area contributed by atoms with Crippen LogP contribution in [0.4, 0.5) is 5.82 Å². The van der Waals surface area contributed by atoms with E-state index < -0.39 is 0 Å². The van der Waals surface area contributed by atoms with Crippen LogP contribution in [0.15, 0.2) is 18.2 Å². The van der Waals surface area contributed by atoms with E-state index in [-0.39, 0.29) is 0 Å². The molecule has 0 bridgehead atoms. The summed E-state index contributed by atoms with van der Waals surface area (Å²) in [5.74, 6) is 2.08. The minimum Gasteiger partial charge on any atom is -0.486 e. The average molecular weight is 255 g/mol. The van der Waals surface area contributed by atoms with Crippen molar-refractivity contribution in [1.82, 2.24) is 4.98 Å². The van der Waals surface area contributed by atoms with Crippen molar-refractivity contribution in [2.24, 2.45) is 0 Å². The van der Waals surface area contributed by atoms with Gasteiger partial charge in [-0.15, -0.1) is 0 Å². The standard InChI is InChI=1S/C14H13N3O2/c1-17(2)14-10(8-15)5-9-6-12-13(7-11(9)16-14)19-4-3-18-12/h5-7H,3-4H2,1-2H3. The first-order valence-corrected chi connectivity index (χ1v) is 6.01. The highest BCUT2D eigenvalue weighted by atomic mass is 16.6. The Labute approximate surface area is 111 Å². The van der Waals surface area contributed by atoms with Gasteiger partial charge in [0.05, 0.1) is 11.1 Å². The van der Waals surface area contributed by atoms with E-state index in [4.69, 9.17) is 9.47 Å². The SMILES string of the molecule is CN(C)c1nc2cc3c(cc2cc1C#N)OCCO3. The van der Waals surface area contributed by atoms with E-state index in [9.17, 15) is 5.26 Å². The van der Waals surface area contributed by atoms with Crippen LogP contribution < -0.4 is 14.4 Å². The number of aromatic nitrogens is 1. The maximum Gasteiger partial charge on any atom is 0.163 e. The molecule has 1 aliphatic rings. The van der Waals surface area contributed by atoms with Gasteiger partial charge in [0.25, 0.3) is 0 Å². The Bertz CT molecular complexity index is 689. The molecule has 0 atom stereocenters. The van der Waals surface area contributed by atoms with Gasteiger partial charge in [-0.05, 0) is 12.1 Å². The first kappa shape index (κ1) is 11.6. The lowest BCUT2D eigenvalue weighted by atomic mass is 10.1. The average Bonchev–Trinajstić information content (AvgIpc) is 2.43. The third kappa shape index (κ3) is 1.91. The Morgan fingerprint density at radius 3 is 2.47 bits per heavy atom. The van der Waals surface area contributed by atoms with Gasteiger partial charge in [-0.1, -0.05) is 0 Å². The van der Waals surface area contributed by atoms with Crippen molar-refractivity contribution in [3.63, 3.8) is 0 Å². The van der Waals surface area contributed by atoms with Gasteiger partial charge in [0, 0.05) is 25.5 Å². The zero-order chi connectivity index (χ0) is 13.4. The Morgan fingerprint density at radius 1 is 1.16 bits per heavy atom. The molecule has 19 heavy (non-hydrogen) atoms. The molecule has 0 fully saturated rings. The summed E-state index contributed by atoms with van der Waals surface area (Å²) in [5, 5.41) is 10.1. The van der Waals surface area contributed by atoms with Crippen molar-refractivity contribution in [3.05, 3.63) is 23.8 Å². The molecule has 1 aliphatic heterocycles. The van der Waals surface area contributed by atoms with Crippen molar-refractivity contribution in [2.75, 3.05) is 32.2 Å². The number of hydrogen-bond donors (Lipinski definition) is 0. The van der Waals surface area contributed by atoms with Gasteiger partial charge in [-0.3, -0.25) is 0 Å². The third-order valence-corrected chi connectivity index (χ3v) is 3.00. The number of nitriles is 1. The van der Waals surface area contributed by atoms with Crippen molar-refractivity contribution in [3.8, 4) is 17.6 Å². The Hall–Kier alpha value is -2.48. The molecule has 0 N–H and O–H groups in total. The number of rotatable bonds is 1. The van der Waals surface area contributed by atoms with Crippen LogP contribution in [-0.4, -0.2) is 32.3 Å². The van der Waals surface area contributed by atoms with Crippen LogP contribution in [0.1, 0.15) is 5.56 Å².